The van der Waals surface area contributed by atoms with E-state index < -0.39 is 0 Å². The fraction of sp³-hybridized carbons (Fsp3) is 0.550. The predicted molar refractivity (Wildman–Crippen MR) is 93.7 cm³/mol. The van der Waals surface area contributed by atoms with Gasteiger partial charge in [-0.1, -0.05) is 42.0 Å². The van der Waals surface area contributed by atoms with Gasteiger partial charge in [0.25, 0.3) is 0 Å². The van der Waals surface area contributed by atoms with Crippen molar-refractivity contribution in [2.24, 2.45) is 0 Å². The molecule has 0 radical (unpaired) electrons. The first-order valence-electron chi connectivity index (χ1n) is 8.95. The van der Waals surface area contributed by atoms with Crippen LogP contribution in [0.15, 0.2) is 42.0 Å². The number of unbranched alkanes of at least 4 members (excludes halogenated alkanes) is 1. The molecule has 4 nitrogen and oxygen atoms in total. The number of nitrogens with zero attached hydrogens (tertiary/aromatic N) is 1. The van der Waals surface area contributed by atoms with E-state index in [0.29, 0.717) is 12.6 Å². The molecule has 130 valence electrons. The van der Waals surface area contributed by atoms with Gasteiger partial charge in [0.15, 0.2) is 0 Å². The van der Waals surface area contributed by atoms with Crippen molar-refractivity contribution in [1.29, 1.82) is 0 Å². The summed E-state index contributed by atoms with van der Waals surface area (Å²) in [6.45, 7) is 1.18. The molecular formula is C20H27NO3. The molecule has 1 aromatic rings. The Bertz CT molecular complexity index is 570. The molecule has 2 aliphatic heterocycles. The summed E-state index contributed by atoms with van der Waals surface area (Å²) in [4.78, 5) is 14.5. The summed E-state index contributed by atoms with van der Waals surface area (Å²) in [5.74, 6) is 0. The molecule has 2 unspecified atom stereocenters. The Morgan fingerprint density at radius 2 is 2.04 bits per heavy atom. The lowest BCUT2D eigenvalue weighted by molar-refractivity contribution is 0.0814. The van der Waals surface area contributed by atoms with Gasteiger partial charge in [-0.3, -0.25) is 4.90 Å². The molecule has 0 aliphatic carbocycles. The van der Waals surface area contributed by atoms with Crippen molar-refractivity contribution in [2.45, 2.75) is 57.2 Å². The second-order valence-electron chi connectivity index (χ2n) is 6.72. The van der Waals surface area contributed by atoms with E-state index in [-0.39, 0.29) is 12.1 Å². The summed E-state index contributed by atoms with van der Waals surface area (Å²) < 4.78 is 10.6. The van der Waals surface area contributed by atoms with Gasteiger partial charge in [0.05, 0.1) is 6.04 Å². The number of methoxy groups -OCH3 is 1. The fourth-order valence-electron chi connectivity index (χ4n) is 3.78. The third kappa shape index (κ3) is 4.18. The van der Waals surface area contributed by atoms with Crippen molar-refractivity contribution in [3.05, 3.63) is 47.5 Å². The van der Waals surface area contributed by atoms with Crippen molar-refractivity contribution in [3.63, 3.8) is 0 Å². The zero-order valence-corrected chi connectivity index (χ0v) is 14.4. The number of amides is 1. The number of carbonyl (C=O) groups excluding carboxylic acids is 1. The van der Waals surface area contributed by atoms with E-state index in [9.17, 15) is 4.79 Å². The monoisotopic (exact) mass is 329 g/mol. The first-order valence-corrected chi connectivity index (χ1v) is 8.95. The number of ether oxygens (including phenoxy) is 2. The van der Waals surface area contributed by atoms with Crippen LogP contribution < -0.4 is 0 Å². The second kappa shape index (κ2) is 8.34. The average Bonchev–Trinajstić information content (AvgIpc) is 2.88. The minimum atomic E-state index is -0.166. The van der Waals surface area contributed by atoms with E-state index in [2.05, 4.69) is 6.08 Å². The predicted octanol–water partition coefficient (Wildman–Crippen LogP) is 4.30. The Morgan fingerprint density at radius 3 is 2.79 bits per heavy atom. The standard InChI is InChI=1S/C20H27NO3/c1-23-12-6-5-9-17-13-18-10-11-19(14-17)21(18)20(22)24-15-16-7-3-2-4-8-16/h2-4,7-8,13,18-19H,5-6,9-12,14-15H2,1H3. The maximum atomic E-state index is 12.5. The Morgan fingerprint density at radius 1 is 1.21 bits per heavy atom. The van der Waals surface area contributed by atoms with E-state index in [1.807, 2.05) is 35.2 Å². The van der Waals surface area contributed by atoms with E-state index in [1.165, 1.54) is 5.57 Å². The van der Waals surface area contributed by atoms with Gasteiger partial charge >= 0.3 is 6.09 Å². The van der Waals surface area contributed by atoms with Crippen LogP contribution in [0, 0.1) is 0 Å². The second-order valence-corrected chi connectivity index (χ2v) is 6.72. The van der Waals surface area contributed by atoms with Crippen molar-refractivity contribution in [2.75, 3.05) is 13.7 Å². The van der Waals surface area contributed by atoms with E-state index >= 15 is 0 Å². The van der Waals surface area contributed by atoms with Crippen LogP contribution >= 0.6 is 0 Å². The summed E-state index contributed by atoms with van der Waals surface area (Å²) >= 11 is 0. The molecule has 1 amide bonds. The molecule has 2 aliphatic rings. The number of carbonyl (C=O) groups is 1. The highest BCUT2D eigenvalue weighted by atomic mass is 16.6. The summed E-state index contributed by atoms with van der Waals surface area (Å²) in [6.07, 6.45) is 8.69. The third-order valence-electron chi connectivity index (χ3n) is 4.98. The molecule has 1 fully saturated rings. The van der Waals surface area contributed by atoms with Gasteiger partial charge in [0.2, 0.25) is 0 Å². The number of rotatable bonds is 7. The summed E-state index contributed by atoms with van der Waals surface area (Å²) in [5.41, 5.74) is 2.54. The van der Waals surface area contributed by atoms with Crippen LogP contribution in [-0.2, 0) is 16.1 Å². The molecule has 0 saturated carbocycles. The highest BCUT2D eigenvalue weighted by molar-refractivity contribution is 5.70. The quantitative estimate of drug-likeness (QED) is 0.553. The molecule has 0 aromatic heterocycles. The average molecular weight is 329 g/mol. The molecule has 24 heavy (non-hydrogen) atoms. The highest BCUT2D eigenvalue weighted by Gasteiger charge is 2.40. The summed E-state index contributed by atoms with van der Waals surface area (Å²) in [5, 5.41) is 0. The van der Waals surface area contributed by atoms with Gasteiger partial charge in [-0.25, -0.2) is 4.79 Å². The third-order valence-corrected chi connectivity index (χ3v) is 4.98. The fourth-order valence-corrected chi connectivity index (χ4v) is 3.78. The molecule has 0 N–H and O–H groups in total. The van der Waals surface area contributed by atoms with Crippen LogP contribution in [0.25, 0.3) is 0 Å². The Hall–Kier alpha value is -1.81. The summed E-state index contributed by atoms with van der Waals surface area (Å²) in [6, 6.07) is 10.4. The maximum Gasteiger partial charge on any atom is 0.410 e. The van der Waals surface area contributed by atoms with Gasteiger partial charge in [-0.05, 0) is 44.1 Å². The topological polar surface area (TPSA) is 38.8 Å². The molecule has 2 bridgehead atoms. The van der Waals surface area contributed by atoms with Crippen LogP contribution in [0.2, 0.25) is 0 Å². The Balaban J connectivity index is 1.52. The van der Waals surface area contributed by atoms with Gasteiger partial charge in [0.1, 0.15) is 6.61 Å². The van der Waals surface area contributed by atoms with Crippen molar-refractivity contribution >= 4 is 6.09 Å². The van der Waals surface area contributed by atoms with Crippen molar-refractivity contribution < 1.29 is 14.3 Å². The van der Waals surface area contributed by atoms with Crippen LogP contribution in [0.3, 0.4) is 0 Å². The minimum absolute atomic E-state index is 0.166. The van der Waals surface area contributed by atoms with Crippen LogP contribution in [0.5, 0.6) is 0 Å². The first kappa shape index (κ1) is 17.0. The summed E-state index contributed by atoms with van der Waals surface area (Å²) in [7, 11) is 1.75. The normalized spacial score (nSPS) is 22.4. The van der Waals surface area contributed by atoms with Gasteiger partial charge in [-0.2, -0.15) is 0 Å². The van der Waals surface area contributed by atoms with Crippen LogP contribution in [-0.4, -0.2) is 36.8 Å². The van der Waals surface area contributed by atoms with Crippen LogP contribution in [0.4, 0.5) is 4.79 Å². The minimum Gasteiger partial charge on any atom is -0.445 e. The van der Waals surface area contributed by atoms with E-state index in [0.717, 1.165) is 50.7 Å². The van der Waals surface area contributed by atoms with Gasteiger partial charge in [-0.15, -0.1) is 0 Å². The molecule has 2 heterocycles. The lowest BCUT2D eigenvalue weighted by atomic mass is 9.97. The SMILES string of the molecule is COCCCCC1=CC2CCC(C1)N2C(=O)OCc1ccccc1. The molecule has 1 saturated heterocycles. The van der Waals surface area contributed by atoms with E-state index in [4.69, 9.17) is 9.47 Å². The van der Waals surface area contributed by atoms with E-state index in [1.54, 1.807) is 7.11 Å². The zero-order chi connectivity index (χ0) is 16.8. The first-order chi connectivity index (χ1) is 11.8. The molecule has 1 aromatic carbocycles. The number of hydrogen-bond acceptors (Lipinski definition) is 3. The molecular weight excluding hydrogens is 302 g/mol. The number of benzene rings is 1. The Kier molecular flexibility index (Phi) is 5.91. The Labute approximate surface area is 144 Å². The molecule has 4 heteroatoms. The maximum absolute atomic E-state index is 12.5. The highest BCUT2D eigenvalue weighted by Crippen LogP contribution is 2.36. The smallest absolute Gasteiger partial charge is 0.410 e. The largest absolute Gasteiger partial charge is 0.445 e. The van der Waals surface area contributed by atoms with Gasteiger partial charge < -0.3 is 9.47 Å². The van der Waals surface area contributed by atoms with Crippen molar-refractivity contribution in [1.82, 2.24) is 4.90 Å². The molecule has 0 spiro atoms. The molecule has 2 atom stereocenters. The van der Waals surface area contributed by atoms with Gasteiger partial charge in [0, 0.05) is 19.8 Å². The van der Waals surface area contributed by atoms with Crippen molar-refractivity contribution in [3.8, 4) is 0 Å². The molecule has 3 rings (SSSR count). The lowest BCUT2D eigenvalue weighted by Crippen LogP contribution is -2.43. The van der Waals surface area contributed by atoms with Crippen LogP contribution in [0.1, 0.15) is 44.1 Å². The number of hydrogen-bond donors (Lipinski definition) is 0. The lowest BCUT2D eigenvalue weighted by Gasteiger charge is -2.33. The number of fused-ring (bicyclic) bond motifs is 2. The zero-order valence-electron chi connectivity index (χ0n) is 14.4.